The van der Waals surface area contributed by atoms with Crippen LogP contribution in [0.15, 0.2) is 48.5 Å². The van der Waals surface area contributed by atoms with Crippen LogP contribution >= 0.6 is 0 Å². The number of pyridine rings is 2. The summed E-state index contributed by atoms with van der Waals surface area (Å²) in [7, 11) is 0. The number of nitrogens with zero attached hydrogens (tertiary/aromatic N) is 2. The van der Waals surface area contributed by atoms with Gasteiger partial charge in [0.1, 0.15) is 13.1 Å². The molecule has 4 N–H and O–H groups in total. The highest BCUT2D eigenvalue weighted by atomic mass is 35.5. The molecule has 0 aliphatic heterocycles. The largest absolute Gasteiger partial charge is 1.00 e. The molecule has 2 aromatic heterocycles. The second kappa shape index (κ2) is 13.9. The quantitative estimate of drug-likeness (QED) is 0.201. The molecule has 0 radical (unpaired) electrons. The average Bonchev–Trinajstić information content (AvgIpc) is 3.64. The first-order chi connectivity index (χ1) is 18.7. The molecule has 2 aliphatic carbocycles. The third kappa shape index (κ3) is 5.90. The van der Waals surface area contributed by atoms with Crippen LogP contribution < -0.4 is 45.4 Å². The minimum atomic E-state index is 0. The van der Waals surface area contributed by atoms with Crippen molar-refractivity contribution in [3.05, 3.63) is 71.0 Å². The van der Waals surface area contributed by atoms with E-state index >= 15 is 0 Å². The third-order valence-corrected chi connectivity index (χ3v) is 9.16. The molecule has 4 aromatic rings. The smallest absolute Gasteiger partial charge is 0.214 e. The van der Waals surface area contributed by atoms with E-state index in [1.807, 2.05) is 0 Å². The van der Waals surface area contributed by atoms with Crippen LogP contribution in [0.1, 0.15) is 86.7 Å². The fourth-order valence-electron chi connectivity index (χ4n) is 7.23. The number of hydrogen-bond acceptors (Lipinski definition) is 2. The van der Waals surface area contributed by atoms with Gasteiger partial charge in [-0.25, -0.2) is 0 Å². The summed E-state index contributed by atoms with van der Waals surface area (Å²) in [6.45, 7) is 2.25. The van der Waals surface area contributed by atoms with Gasteiger partial charge in [0, 0.05) is 48.9 Å². The lowest BCUT2D eigenvalue weighted by molar-refractivity contribution is -0.679. The van der Waals surface area contributed by atoms with Gasteiger partial charge in [0.15, 0.2) is 11.4 Å². The number of anilines is 2. The number of unbranched alkanes of at least 4 members (excludes halogenated alkanes) is 7. The number of fused-ring (bicyclic) bond motifs is 4. The van der Waals surface area contributed by atoms with Gasteiger partial charge in [-0.3, -0.25) is 0 Å². The average molecular weight is 580 g/mol. The third-order valence-electron chi connectivity index (χ3n) is 9.16. The van der Waals surface area contributed by atoms with Crippen molar-refractivity contribution < 1.29 is 33.9 Å². The molecule has 2 aromatic carbocycles. The molecule has 40 heavy (non-hydrogen) atoms. The minimum Gasteiger partial charge on any atom is -1.00 e. The van der Waals surface area contributed by atoms with Crippen LogP contribution in [0.25, 0.3) is 21.8 Å². The summed E-state index contributed by atoms with van der Waals surface area (Å²) in [5.41, 5.74) is 23.6. The van der Waals surface area contributed by atoms with Gasteiger partial charge in [0.05, 0.1) is 22.1 Å². The van der Waals surface area contributed by atoms with Crippen molar-refractivity contribution in [3.8, 4) is 0 Å². The van der Waals surface area contributed by atoms with Crippen LogP contribution in [-0.4, -0.2) is 0 Å². The normalized spacial score (nSPS) is 13.7. The topological polar surface area (TPSA) is 59.8 Å². The van der Waals surface area contributed by atoms with E-state index in [0.29, 0.717) is 0 Å². The van der Waals surface area contributed by atoms with Crippen molar-refractivity contribution in [1.29, 1.82) is 0 Å². The van der Waals surface area contributed by atoms with E-state index < -0.39 is 0 Å². The summed E-state index contributed by atoms with van der Waals surface area (Å²) in [5.74, 6) is 0. The SMILES string of the molecule is Nc1c2c([n+](CCCCCCCCCC[n+]3c4c(c(N)c5ccccc53)CCC4)c3ccccc13)CCC2.[Cl-].[Cl-]. The van der Waals surface area contributed by atoms with Gasteiger partial charge in [-0.15, -0.1) is 0 Å². The van der Waals surface area contributed by atoms with Gasteiger partial charge in [-0.1, -0.05) is 49.9 Å². The number of rotatable bonds is 11. The number of halogens is 2. The summed E-state index contributed by atoms with van der Waals surface area (Å²) in [5, 5.41) is 2.48. The van der Waals surface area contributed by atoms with Crippen LogP contribution in [0.5, 0.6) is 0 Å². The monoisotopic (exact) mass is 578 g/mol. The molecule has 4 nitrogen and oxygen atoms in total. The van der Waals surface area contributed by atoms with Crippen molar-refractivity contribution in [2.75, 3.05) is 11.5 Å². The number of benzene rings is 2. The van der Waals surface area contributed by atoms with E-state index in [-0.39, 0.29) is 24.8 Å². The first-order valence-corrected chi connectivity index (χ1v) is 15.2. The summed E-state index contributed by atoms with van der Waals surface area (Å²) < 4.78 is 5.17. The van der Waals surface area contributed by atoms with Crippen molar-refractivity contribution in [2.24, 2.45) is 0 Å². The van der Waals surface area contributed by atoms with E-state index in [1.165, 1.54) is 121 Å². The van der Waals surface area contributed by atoms with Gasteiger partial charge >= 0.3 is 0 Å². The van der Waals surface area contributed by atoms with Crippen molar-refractivity contribution in [3.63, 3.8) is 0 Å². The van der Waals surface area contributed by atoms with Gasteiger partial charge in [-0.2, -0.15) is 9.13 Å². The van der Waals surface area contributed by atoms with Crippen LogP contribution in [0.3, 0.4) is 0 Å². The molecule has 0 bridgehead atoms. The number of aryl methyl sites for hydroxylation is 2. The molecule has 214 valence electrons. The van der Waals surface area contributed by atoms with Crippen LogP contribution in [0.4, 0.5) is 11.4 Å². The highest BCUT2D eigenvalue weighted by Crippen LogP contribution is 2.32. The maximum atomic E-state index is 6.55. The predicted molar refractivity (Wildman–Crippen MR) is 158 cm³/mol. The predicted octanol–water partition coefficient (Wildman–Crippen LogP) is 0.539. The lowest BCUT2D eigenvalue weighted by Crippen LogP contribution is -3.00. The zero-order valence-corrected chi connectivity index (χ0v) is 25.2. The molecule has 0 spiro atoms. The summed E-state index contributed by atoms with van der Waals surface area (Å²) in [6, 6.07) is 17.4. The summed E-state index contributed by atoms with van der Waals surface area (Å²) >= 11 is 0. The number of nitrogen functional groups attached to an aromatic ring is 2. The van der Waals surface area contributed by atoms with E-state index in [9.17, 15) is 0 Å². The highest BCUT2D eigenvalue weighted by molar-refractivity contribution is 5.90. The molecular formula is C34H44Cl2N4. The lowest BCUT2D eigenvalue weighted by Gasteiger charge is -2.11. The molecule has 6 rings (SSSR count). The first kappa shape index (κ1) is 30.4. The maximum Gasteiger partial charge on any atom is 0.214 e. The Balaban J connectivity index is 0.00000185. The van der Waals surface area contributed by atoms with Crippen molar-refractivity contribution in [2.45, 2.75) is 103 Å². The number of nitrogens with two attached hydrogens (primary N) is 2. The Hall–Kier alpha value is -2.56. The van der Waals surface area contributed by atoms with Crippen molar-refractivity contribution in [1.82, 2.24) is 0 Å². The molecule has 0 saturated carbocycles. The minimum absolute atomic E-state index is 0. The van der Waals surface area contributed by atoms with E-state index in [1.54, 1.807) is 0 Å². The molecular weight excluding hydrogens is 535 g/mol. The Labute approximate surface area is 252 Å². The summed E-state index contributed by atoms with van der Waals surface area (Å²) in [6.07, 6.45) is 17.7. The van der Waals surface area contributed by atoms with Crippen LogP contribution in [0, 0.1) is 0 Å². The molecule has 0 unspecified atom stereocenters. The zero-order chi connectivity index (χ0) is 25.9. The molecule has 0 saturated heterocycles. The maximum absolute atomic E-state index is 6.55. The van der Waals surface area contributed by atoms with Crippen LogP contribution in [0.2, 0.25) is 0 Å². The Bertz CT molecular complexity index is 1360. The molecule has 0 atom stereocenters. The Morgan fingerprint density at radius 2 is 0.875 bits per heavy atom. The Kier molecular flexibility index (Phi) is 10.5. The first-order valence-electron chi connectivity index (χ1n) is 15.2. The lowest BCUT2D eigenvalue weighted by atomic mass is 10.0. The number of aromatic nitrogens is 2. The van der Waals surface area contributed by atoms with E-state index in [4.69, 9.17) is 11.5 Å². The van der Waals surface area contributed by atoms with Gasteiger partial charge in [-0.05, 0) is 50.7 Å². The van der Waals surface area contributed by atoms with Gasteiger partial charge in [0.2, 0.25) is 11.0 Å². The number of hydrogen-bond donors (Lipinski definition) is 2. The van der Waals surface area contributed by atoms with Crippen LogP contribution in [-0.2, 0) is 38.8 Å². The fraction of sp³-hybridized carbons (Fsp3) is 0.471. The molecule has 2 heterocycles. The summed E-state index contributed by atoms with van der Waals surface area (Å²) in [4.78, 5) is 0. The molecule has 0 amide bonds. The Morgan fingerprint density at radius 1 is 0.500 bits per heavy atom. The molecule has 0 fully saturated rings. The Morgan fingerprint density at radius 3 is 1.30 bits per heavy atom. The van der Waals surface area contributed by atoms with E-state index in [0.717, 1.165) is 37.3 Å². The second-order valence-corrected chi connectivity index (χ2v) is 11.6. The van der Waals surface area contributed by atoms with Gasteiger partial charge < -0.3 is 36.3 Å². The molecule has 6 heteroatoms. The van der Waals surface area contributed by atoms with Gasteiger partial charge in [0.25, 0.3) is 0 Å². The number of para-hydroxylation sites is 2. The molecule has 2 aliphatic rings. The fourth-order valence-corrected chi connectivity index (χ4v) is 7.23. The standard InChI is InChI=1S/C34H42N4.2ClH/c35-33-25-15-7-9-19-29(25)37(31-21-13-17-27(31)33)23-11-5-3-1-2-4-6-12-24-38-30-20-10-8-16-26(30)34(36)28-18-14-22-32(28)38;;/h7-10,15-16,19-20,35-36H,1-6,11-14,17-18,21-24H2;2*1H. The highest BCUT2D eigenvalue weighted by Gasteiger charge is 2.29. The zero-order valence-electron chi connectivity index (χ0n) is 23.7. The second-order valence-electron chi connectivity index (χ2n) is 11.6. The van der Waals surface area contributed by atoms with Crippen molar-refractivity contribution >= 4 is 33.2 Å². The van der Waals surface area contributed by atoms with E-state index in [2.05, 4.69) is 57.7 Å².